The molecule has 2 N–H and O–H groups in total. The Morgan fingerprint density at radius 1 is 1.33 bits per heavy atom. The van der Waals surface area contributed by atoms with E-state index >= 15 is 0 Å². The molecular weight excluding hydrogens is 332 g/mol. The Labute approximate surface area is 143 Å². The molecule has 1 fully saturated rings. The zero-order valence-electron chi connectivity index (χ0n) is 13.2. The lowest BCUT2D eigenvalue weighted by atomic mass is 10.2. The number of nitrogens with zero attached hydrogens (tertiary/aromatic N) is 1. The number of hydrogen-bond donors (Lipinski definition) is 2. The molecule has 0 spiro atoms. The summed E-state index contributed by atoms with van der Waals surface area (Å²) >= 11 is 0.886. The van der Waals surface area contributed by atoms with Gasteiger partial charge < -0.3 is 15.2 Å². The van der Waals surface area contributed by atoms with E-state index in [1.165, 1.54) is 0 Å². The van der Waals surface area contributed by atoms with Gasteiger partial charge in [0.05, 0.1) is 11.5 Å². The van der Waals surface area contributed by atoms with E-state index in [1.54, 1.807) is 18.2 Å². The lowest BCUT2D eigenvalue weighted by Gasteiger charge is -2.11. The van der Waals surface area contributed by atoms with Crippen molar-refractivity contribution in [2.24, 2.45) is 0 Å². The van der Waals surface area contributed by atoms with Gasteiger partial charge in [-0.2, -0.15) is 0 Å². The van der Waals surface area contributed by atoms with Crippen LogP contribution >= 0.6 is 11.8 Å². The molecule has 0 radical (unpaired) electrons. The van der Waals surface area contributed by atoms with Gasteiger partial charge in [-0.1, -0.05) is 12.1 Å². The summed E-state index contributed by atoms with van der Waals surface area (Å²) < 4.78 is 5.35. The van der Waals surface area contributed by atoms with Crippen molar-refractivity contribution in [3.05, 3.63) is 34.7 Å². The predicted molar refractivity (Wildman–Crippen MR) is 90.9 cm³/mol. The highest BCUT2D eigenvalue weighted by atomic mass is 32.2. The average molecular weight is 350 g/mol. The third kappa shape index (κ3) is 4.76. The Bertz CT molecular complexity index is 657. The molecule has 0 bridgehead atoms. The first kappa shape index (κ1) is 17.9. The first-order valence-electron chi connectivity index (χ1n) is 7.46. The monoisotopic (exact) mass is 350 g/mol. The second-order valence-electron chi connectivity index (χ2n) is 4.92. The van der Waals surface area contributed by atoms with Crippen LogP contribution in [-0.2, 0) is 4.79 Å². The smallest absolute Gasteiger partial charge is 0.404 e. The summed E-state index contributed by atoms with van der Waals surface area (Å²) in [5.41, 5.74) is 0.802. The van der Waals surface area contributed by atoms with E-state index in [0.717, 1.165) is 28.0 Å². The number of thioether (sulfide) groups is 1. The van der Waals surface area contributed by atoms with Gasteiger partial charge in [0.15, 0.2) is 0 Å². The Hall–Kier alpha value is -2.48. The number of imide groups is 1. The number of hydrogen-bond acceptors (Lipinski definition) is 5. The Morgan fingerprint density at radius 2 is 2.04 bits per heavy atom. The number of nitrogens with one attached hydrogen (secondary N) is 1. The fraction of sp³-hybridized carbons (Fsp3) is 0.312. The predicted octanol–water partition coefficient (Wildman–Crippen LogP) is 2.78. The van der Waals surface area contributed by atoms with Gasteiger partial charge in [0, 0.05) is 13.1 Å². The van der Waals surface area contributed by atoms with Gasteiger partial charge in [-0.05, 0) is 48.9 Å². The quantitative estimate of drug-likeness (QED) is 0.580. The zero-order valence-corrected chi connectivity index (χ0v) is 14.0. The van der Waals surface area contributed by atoms with Gasteiger partial charge >= 0.3 is 6.09 Å². The van der Waals surface area contributed by atoms with Gasteiger partial charge in [-0.3, -0.25) is 14.5 Å². The third-order valence-electron chi connectivity index (χ3n) is 3.20. The molecular formula is C16H18N2O5S. The van der Waals surface area contributed by atoms with E-state index in [2.05, 4.69) is 5.32 Å². The molecule has 1 aliphatic heterocycles. The summed E-state index contributed by atoms with van der Waals surface area (Å²) in [5, 5.41) is 10.3. The fourth-order valence-corrected chi connectivity index (χ4v) is 2.97. The molecule has 24 heavy (non-hydrogen) atoms. The van der Waals surface area contributed by atoms with Crippen LogP contribution in [0.15, 0.2) is 29.2 Å². The second kappa shape index (κ2) is 8.39. The van der Waals surface area contributed by atoms with Crippen LogP contribution in [0.3, 0.4) is 0 Å². The van der Waals surface area contributed by atoms with Crippen molar-refractivity contribution in [1.82, 2.24) is 10.2 Å². The van der Waals surface area contributed by atoms with E-state index in [1.807, 2.05) is 19.1 Å². The number of ether oxygens (including phenoxy) is 1. The van der Waals surface area contributed by atoms with Gasteiger partial charge in [0.2, 0.25) is 0 Å². The maximum atomic E-state index is 12.3. The molecule has 7 nitrogen and oxygen atoms in total. The van der Waals surface area contributed by atoms with Crippen molar-refractivity contribution in [3.63, 3.8) is 0 Å². The number of carbonyl (C=O) groups excluding carboxylic acids is 2. The van der Waals surface area contributed by atoms with Crippen LogP contribution in [-0.4, -0.2) is 46.9 Å². The standard InChI is InChI=1S/C16H18N2O5S/c1-2-23-12-6-4-11(5-7-12)10-13-14(19)18(16(22)24-13)9-3-8-17-15(20)21/h4-7,10,17H,2-3,8-9H2,1H3,(H,20,21). The minimum absolute atomic E-state index is 0.186. The molecule has 0 unspecified atom stereocenters. The minimum atomic E-state index is -1.13. The first-order valence-corrected chi connectivity index (χ1v) is 8.28. The number of amides is 3. The fourth-order valence-electron chi connectivity index (χ4n) is 2.10. The number of benzene rings is 1. The van der Waals surface area contributed by atoms with Crippen molar-refractivity contribution in [2.75, 3.05) is 19.7 Å². The van der Waals surface area contributed by atoms with Crippen LogP contribution in [0.5, 0.6) is 5.75 Å². The summed E-state index contributed by atoms with van der Waals surface area (Å²) in [4.78, 5) is 36.0. The molecule has 2 rings (SSSR count). The highest BCUT2D eigenvalue weighted by Crippen LogP contribution is 2.32. The molecule has 8 heteroatoms. The first-order chi connectivity index (χ1) is 11.5. The van der Waals surface area contributed by atoms with Crippen molar-refractivity contribution in [3.8, 4) is 5.75 Å². The molecule has 1 aromatic carbocycles. The van der Waals surface area contributed by atoms with E-state index in [0.29, 0.717) is 17.9 Å². The van der Waals surface area contributed by atoms with Gasteiger partial charge in [0.1, 0.15) is 5.75 Å². The normalized spacial score (nSPS) is 15.9. The largest absolute Gasteiger partial charge is 0.494 e. The van der Waals surface area contributed by atoms with E-state index < -0.39 is 6.09 Å². The molecule has 1 aromatic rings. The molecule has 1 saturated heterocycles. The highest BCUT2D eigenvalue weighted by molar-refractivity contribution is 8.18. The molecule has 3 amide bonds. The maximum Gasteiger partial charge on any atom is 0.404 e. The molecule has 1 heterocycles. The van der Waals surface area contributed by atoms with E-state index in [4.69, 9.17) is 9.84 Å². The summed E-state index contributed by atoms with van der Waals surface area (Å²) in [6.07, 6.45) is 0.913. The zero-order chi connectivity index (χ0) is 17.5. The van der Waals surface area contributed by atoms with Crippen LogP contribution in [0.1, 0.15) is 18.9 Å². The van der Waals surface area contributed by atoms with Crippen molar-refractivity contribution >= 4 is 35.1 Å². The Kier molecular flexibility index (Phi) is 6.25. The maximum absolute atomic E-state index is 12.3. The number of carbonyl (C=O) groups is 3. The molecule has 0 atom stereocenters. The van der Waals surface area contributed by atoms with E-state index in [9.17, 15) is 14.4 Å². The topological polar surface area (TPSA) is 95.9 Å². The Morgan fingerprint density at radius 3 is 2.67 bits per heavy atom. The van der Waals surface area contributed by atoms with Crippen LogP contribution in [0.2, 0.25) is 0 Å². The number of rotatable bonds is 7. The van der Waals surface area contributed by atoms with Crippen LogP contribution in [0.4, 0.5) is 9.59 Å². The summed E-state index contributed by atoms with van der Waals surface area (Å²) in [5.74, 6) is 0.392. The molecule has 0 aromatic heterocycles. The molecule has 0 saturated carbocycles. The summed E-state index contributed by atoms with van der Waals surface area (Å²) in [6.45, 7) is 2.85. The van der Waals surface area contributed by atoms with Crippen molar-refractivity contribution in [1.29, 1.82) is 0 Å². The van der Waals surface area contributed by atoms with Crippen LogP contribution in [0.25, 0.3) is 6.08 Å². The van der Waals surface area contributed by atoms with Crippen molar-refractivity contribution in [2.45, 2.75) is 13.3 Å². The highest BCUT2D eigenvalue weighted by Gasteiger charge is 2.34. The van der Waals surface area contributed by atoms with Gasteiger partial charge in [0.25, 0.3) is 11.1 Å². The SMILES string of the molecule is CCOc1ccc(C=C2SC(=O)N(CCCNC(=O)O)C2=O)cc1. The lowest BCUT2D eigenvalue weighted by Crippen LogP contribution is -2.32. The molecule has 0 aliphatic carbocycles. The van der Waals surface area contributed by atoms with Crippen LogP contribution in [0, 0.1) is 0 Å². The molecule has 1 aliphatic rings. The molecule has 128 valence electrons. The minimum Gasteiger partial charge on any atom is -0.494 e. The number of carboxylic acid groups (broad SMARTS) is 1. The van der Waals surface area contributed by atoms with Crippen molar-refractivity contribution < 1.29 is 24.2 Å². The van der Waals surface area contributed by atoms with E-state index in [-0.39, 0.29) is 24.2 Å². The van der Waals surface area contributed by atoms with Gasteiger partial charge in [-0.15, -0.1) is 0 Å². The second-order valence-corrected chi connectivity index (χ2v) is 5.91. The lowest BCUT2D eigenvalue weighted by molar-refractivity contribution is -0.122. The third-order valence-corrected chi connectivity index (χ3v) is 4.10. The van der Waals surface area contributed by atoms with Gasteiger partial charge in [-0.25, -0.2) is 4.79 Å². The summed E-state index contributed by atoms with van der Waals surface area (Å²) in [6, 6.07) is 7.24. The summed E-state index contributed by atoms with van der Waals surface area (Å²) in [7, 11) is 0. The average Bonchev–Trinajstić information content (AvgIpc) is 2.80. The van der Waals surface area contributed by atoms with Crippen LogP contribution < -0.4 is 10.1 Å². The Balaban J connectivity index is 1.97.